The number of ether oxygens (including phenoxy) is 1. The monoisotopic (exact) mass is 367 g/mol. The Labute approximate surface area is 152 Å². The standard InChI is InChI=1S/C19H24F3N3O/c1-5-6-7-14-8-10-15(11-9-14)25(4)17-16(19(20,21)22)12-23-18(24-17)26-13(2)3/h8-13H,5-7H2,1-4H3. The lowest BCUT2D eigenvalue weighted by molar-refractivity contribution is -0.137. The van der Waals surface area contributed by atoms with Crippen molar-refractivity contribution in [2.75, 3.05) is 11.9 Å². The normalized spacial score (nSPS) is 11.7. The molecule has 0 saturated heterocycles. The van der Waals surface area contributed by atoms with Crippen LogP contribution in [0.5, 0.6) is 6.01 Å². The van der Waals surface area contributed by atoms with E-state index in [1.54, 1.807) is 33.0 Å². The van der Waals surface area contributed by atoms with E-state index < -0.39 is 11.7 Å². The zero-order valence-corrected chi connectivity index (χ0v) is 15.5. The Morgan fingerprint density at radius 3 is 2.35 bits per heavy atom. The predicted molar refractivity (Wildman–Crippen MR) is 95.9 cm³/mol. The third kappa shape index (κ3) is 5.09. The van der Waals surface area contributed by atoms with Gasteiger partial charge in [0.25, 0.3) is 0 Å². The van der Waals surface area contributed by atoms with Gasteiger partial charge in [-0.2, -0.15) is 18.2 Å². The number of hydrogen-bond acceptors (Lipinski definition) is 4. The molecule has 142 valence electrons. The topological polar surface area (TPSA) is 38.2 Å². The van der Waals surface area contributed by atoms with E-state index in [0.29, 0.717) is 5.69 Å². The number of halogens is 3. The zero-order chi connectivity index (χ0) is 19.3. The average Bonchev–Trinajstić information content (AvgIpc) is 2.58. The van der Waals surface area contributed by atoms with Crippen LogP contribution in [0.2, 0.25) is 0 Å². The highest BCUT2D eigenvalue weighted by Crippen LogP contribution is 2.37. The molecule has 0 fully saturated rings. The summed E-state index contributed by atoms with van der Waals surface area (Å²) in [5, 5.41) is 0. The Morgan fingerprint density at radius 2 is 1.81 bits per heavy atom. The Morgan fingerprint density at radius 1 is 1.15 bits per heavy atom. The van der Waals surface area contributed by atoms with Gasteiger partial charge in [0.15, 0.2) is 5.82 Å². The first-order valence-electron chi connectivity index (χ1n) is 8.66. The highest BCUT2D eigenvalue weighted by atomic mass is 19.4. The summed E-state index contributed by atoms with van der Waals surface area (Å²) in [6, 6.07) is 7.39. The number of anilines is 2. The molecule has 2 rings (SSSR count). The van der Waals surface area contributed by atoms with E-state index in [1.807, 2.05) is 12.1 Å². The molecule has 0 saturated carbocycles. The molecule has 7 heteroatoms. The van der Waals surface area contributed by atoms with E-state index in [0.717, 1.165) is 31.0 Å². The fourth-order valence-corrected chi connectivity index (χ4v) is 2.47. The Kier molecular flexibility index (Phi) is 6.45. The van der Waals surface area contributed by atoms with Crippen LogP contribution in [0.15, 0.2) is 30.5 Å². The van der Waals surface area contributed by atoms with Crippen LogP contribution in [0.4, 0.5) is 24.7 Å². The number of aromatic nitrogens is 2. The van der Waals surface area contributed by atoms with E-state index in [9.17, 15) is 13.2 Å². The van der Waals surface area contributed by atoms with Crippen molar-refractivity contribution in [1.29, 1.82) is 0 Å². The second kappa shape index (κ2) is 8.38. The molecule has 0 bridgehead atoms. The van der Waals surface area contributed by atoms with Crippen molar-refractivity contribution in [3.8, 4) is 6.01 Å². The third-order valence-electron chi connectivity index (χ3n) is 3.85. The Bertz CT molecular complexity index is 715. The smallest absolute Gasteiger partial charge is 0.421 e. The van der Waals surface area contributed by atoms with Crippen LogP contribution >= 0.6 is 0 Å². The summed E-state index contributed by atoms with van der Waals surface area (Å²) in [4.78, 5) is 9.09. The van der Waals surface area contributed by atoms with Crippen molar-refractivity contribution in [3.63, 3.8) is 0 Å². The number of aryl methyl sites for hydroxylation is 1. The molecule has 0 aliphatic rings. The predicted octanol–water partition coefficient (Wildman–Crippen LogP) is 5.39. The molecular weight excluding hydrogens is 343 g/mol. The number of benzene rings is 1. The van der Waals surface area contributed by atoms with E-state index in [-0.39, 0.29) is 17.9 Å². The summed E-state index contributed by atoms with van der Waals surface area (Å²) in [5.41, 5.74) is 0.877. The number of rotatable bonds is 7. The van der Waals surface area contributed by atoms with Gasteiger partial charge in [0, 0.05) is 18.9 Å². The minimum absolute atomic E-state index is 0.0746. The molecule has 0 unspecified atom stereocenters. The van der Waals surface area contributed by atoms with E-state index >= 15 is 0 Å². The fraction of sp³-hybridized carbons (Fsp3) is 0.474. The summed E-state index contributed by atoms with van der Waals surface area (Å²) >= 11 is 0. The maximum atomic E-state index is 13.4. The SMILES string of the molecule is CCCCc1ccc(N(C)c2nc(OC(C)C)ncc2C(F)(F)F)cc1. The van der Waals surface area contributed by atoms with Crippen LogP contribution in [0.25, 0.3) is 0 Å². The summed E-state index contributed by atoms with van der Waals surface area (Å²) in [6.45, 7) is 5.64. The van der Waals surface area contributed by atoms with Gasteiger partial charge in [-0.25, -0.2) is 4.98 Å². The molecule has 0 aliphatic heterocycles. The first-order chi connectivity index (χ1) is 12.2. The molecule has 0 N–H and O–H groups in total. The van der Waals surface area contributed by atoms with Gasteiger partial charge in [0.1, 0.15) is 5.56 Å². The van der Waals surface area contributed by atoms with Crippen LogP contribution < -0.4 is 9.64 Å². The van der Waals surface area contributed by atoms with Crippen LogP contribution in [0, 0.1) is 0 Å². The molecule has 0 radical (unpaired) electrons. The largest absolute Gasteiger partial charge is 0.461 e. The van der Waals surface area contributed by atoms with Crippen molar-refractivity contribution in [3.05, 3.63) is 41.6 Å². The molecule has 1 aromatic heterocycles. The molecule has 0 aliphatic carbocycles. The first kappa shape index (κ1) is 20.0. The van der Waals surface area contributed by atoms with Crippen LogP contribution in [0.1, 0.15) is 44.7 Å². The zero-order valence-electron chi connectivity index (χ0n) is 15.5. The molecule has 2 aromatic rings. The summed E-state index contributed by atoms with van der Waals surface area (Å²) in [6.07, 6.45) is -0.894. The lowest BCUT2D eigenvalue weighted by Crippen LogP contribution is -2.20. The maximum Gasteiger partial charge on any atom is 0.421 e. The summed E-state index contributed by atoms with van der Waals surface area (Å²) in [7, 11) is 1.55. The fourth-order valence-electron chi connectivity index (χ4n) is 2.47. The van der Waals surface area contributed by atoms with Gasteiger partial charge < -0.3 is 9.64 Å². The van der Waals surface area contributed by atoms with Gasteiger partial charge in [0.05, 0.1) is 6.10 Å². The van der Waals surface area contributed by atoms with Crippen molar-refractivity contribution >= 4 is 11.5 Å². The molecule has 4 nitrogen and oxygen atoms in total. The van der Waals surface area contributed by atoms with Gasteiger partial charge >= 0.3 is 12.2 Å². The number of unbranched alkanes of at least 4 members (excludes halogenated alkanes) is 1. The average molecular weight is 367 g/mol. The molecular formula is C19H24F3N3O. The number of hydrogen-bond donors (Lipinski definition) is 0. The Hall–Kier alpha value is -2.31. The minimum Gasteiger partial charge on any atom is -0.461 e. The number of nitrogens with zero attached hydrogens (tertiary/aromatic N) is 3. The molecule has 1 heterocycles. The second-order valence-electron chi connectivity index (χ2n) is 6.38. The lowest BCUT2D eigenvalue weighted by Gasteiger charge is -2.23. The van der Waals surface area contributed by atoms with Gasteiger partial charge in [-0.3, -0.25) is 0 Å². The first-order valence-corrected chi connectivity index (χ1v) is 8.66. The van der Waals surface area contributed by atoms with Crippen molar-refractivity contribution in [1.82, 2.24) is 9.97 Å². The minimum atomic E-state index is -4.55. The van der Waals surface area contributed by atoms with E-state index in [2.05, 4.69) is 16.9 Å². The molecule has 0 atom stereocenters. The quantitative estimate of drug-likeness (QED) is 0.657. The molecule has 1 aromatic carbocycles. The van der Waals surface area contributed by atoms with Crippen LogP contribution in [-0.4, -0.2) is 23.1 Å². The molecule has 26 heavy (non-hydrogen) atoms. The molecule has 0 amide bonds. The summed E-state index contributed by atoms with van der Waals surface area (Å²) < 4.78 is 45.5. The van der Waals surface area contributed by atoms with E-state index in [4.69, 9.17) is 4.74 Å². The highest BCUT2D eigenvalue weighted by Gasteiger charge is 2.36. The van der Waals surface area contributed by atoms with Gasteiger partial charge in [-0.15, -0.1) is 0 Å². The second-order valence-corrected chi connectivity index (χ2v) is 6.38. The van der Waals surface area contributed by atoms with Crippen LogP contribution in [0.3, 0.4) is 0 Å². The lowest BCUT2D eigenvalue weighted by atomic mass is 10.1. The van der Waals surface area contributed by atoms with Crippen molar-refractivity contribution in [2.24, 2.45) is 0 Å². The number of alkyl halides is 3. The highest BCUT2D eigenvalue weighted by molar-refractivity contribution is 5.63. The van der Waals surface area contributed by atoms with Crippen molar-refractivity contribution < 1.29 is 17.9 Å². The van der Waals surface area contributed by atoms with Gasteiger partial charge in [0.2, 0.25) is 0 Å². The summed E-state index contributed by atoms with van der Waals surface area (Å²) in [5.74, 6) is -0.232. The van der Waals surface area contributed by atoms with Crippen molar-refractivity contribution in [2.45, 2.75) is 52.3 Å². The Balaban J connectivity index is 2.37. The maximum absolute atomic E-state index is 13.4. The van der Waals surface area contributed by atoms with Crippen LogP contribution in [-0.2, 0) is 12.6 Å². The van der Waals surface area contributed by atoms with Gasteiger partial charge in [-0.1, -0.05) is 25.5 Å². The van der Waals surface area contributed by atoms with Gasteiger partial charge in [-0.05, 0) is 44.4 Å². The molecule has 0 spiro atoms. The van der Waals surface area contributed by atoms with E-state index in [1.165, 1.54) is 4.90 Å². The third-order valence-corrected chi connectivity index (χ3v) is 3.85.